The fourth-order valence-electron chi connectivity index (χ4n) is 1.93. The van der Waals surface area contributed by atoms with Gasteiger partial charge in [-0.25, -0.2) is 4.39 Å². The highest BCUT2D eigenvalue weighted by atomic mass is 19.3. The van der Waals surface area contributed by atoms with Gasteiger partial charge in [-0.15, -0.1) is 0 Å². The zero-order valence-corrected chi connectivity index (χ0v) is 9.29. The summed E-state index contributed by atoms with van der Waals surface area (Å²) in [6.07, 6.45) is 0. The fraction of sp³-hybridized carbons (Fsp3) is 0.455. The molecule has 0 aromatic heterocycles. The maximum Gasteiger partial charge on any atom is 0.354 e. The van der Waals surface area contributed by atoms with Crippen molar-refractivity contribution in [2.45, 2.75) is 19.0 Å². The second-order valence-electron chi connectivity index (χ2n) is 4.06. The predicted octanol–water partition coefficient (Wildman–Crippen LogP) is 2.42. The molecule has 0 fully saturated rings. The van der Waals surface area contributed by atoms with Crippen molar-refractivity contribution >= 4 is 11.4 Å². The Morgan fingerprint density at radius 2 is 2.24 bits per heavy atom. The van der Waals surface area contributed by atoms with Gasteiger partial charge < -0.3 is 15.4 Å². The van der Waals surface area contributed by atoms with E-state index in [4.69, 9.17) is 10.5 Å². The van der Waals surface area contributed by atoms with Crippen LogP contribution in [0, 0.1) is 0 Å². The number of anilines is 2. The number of halogens is 3. The van der Waals surface area contributed by atoms with Gasteiger partial charge in [0.2, 0.25) is 0 Å². The highest BCUT2D eigenvalue weighted by Gasteiger charge is 2.43. The molecular formula is C11H13F3N2O. The fourth-order valence-corrected chi connectivity index (χ4v) is 1.93. The van der Waals surface area contributed by atoms with E-state index in [0.29, 0.717) is 5.69 Å². The molecule has 0 saturated carbocycles. The van der Waals surface area contributed by atoms with Gasteiger partial charge in [-0.3, -0.25) is 0 Å². The number of fused-ring (bicyclic) bond motifs is 1. The third-order valence-electron chi connectivity index (χ3n) is 2.68. The number of rotatable bonds is 2. The van der Waals surface area contributed by atoms with Crippen LogP contribution in [0.5, 0.6) is 5.75 Å². The Morgan fingerprint density at radius 3 is 2.88 bits per heavy atom. The lowest BCUT2D eigenvalue weighted by molar-refractivity contribution is -0.0373. The molecule has 0 saturated heterocycles. The Balaban J connectivity index is 2.47. The molecule has 3 nitrogen and oxygen atoms in total. The van der Waals surface area contributed by atoms with Crippen LogP contribution < -0.4 is 15.4 Å². The summed E-state index contributed by atoms with van der Waals surface area (Å²) in [5.41, 5.74) is 6.13. The van der Waals surface area contributed by atoms with Gasteiger partial charge >= 0.3 is 6.05 Å². The normalized spacial score (nSPS) is 19.8. The molecule has 1 aliphatic rings. The van der Waals surface area contributed by atoms with E-state index in [9.17, 15) is 13.2 Å². The van der Waals surface area contributed by atoms with E-state index in [1.54, 1.807) is 6.92 Å². The molecule has 6 heteroatoms. The quantitative estimate of drug-likeness (QED) is 0.643. The monoisotopic (exact) mass is 246 g/mol. The van der Waals surface area contributed by atoms with Crippen LogP contribution in [0.2, 0.25) is 0 Å². The predicted molar refractivity (Wildman–Crippen MR) is 59.2 cm³/mol. The summed E-state index contributed by atoms with van der Waals surface area (Å²) in [4.78, 5) is 0.741. The van der Waals surface area contributed by atoms with Gasteiger partial charge in [0.05, 0.1) is 11.7 Å². The SMILES string of the molecule is C[C@@H]1COc2cc(N)ccc2N1C(F)(F)CF. The van der Waals surface area contributed by atoms with E-state index >= 15 is 0 Å². The second-order valence-corrected chi connectivity index (χ2v) is 4.06. The van der Waals surface area contributed by atoms with Crippen molar-refractivity contribution in [2.75, 3.05) is 23.9 Å². The molecule has 0 radical (unpaired) electrons. The summed E-state index contributed by atoms with van der Waals surface area (Å²) in [6.45, 7) is -0.101. The number of ether oxygens (including phenoxy) is 1. The lowest BCUT2D eigenvalue weighted by Gasteiger charge is -2.40. The lowest BCUT2D eigenvalue weighted by atomic mass is 10.1. The molecule has 0 amide bonds. The molecule has 1 atom stereocenters. The van der Waals surface area contributed by atoms with Gasteiger partial charge in [0.1, 0.15) is 12.4 Å². The first-order chi connectivity index (χ1) is 7.95. The molecule has 0 bridgehead atoms. The Kier molecular flexibility index (Phi) is 2.81. The Bertz CT molecular complexity index is 425. The van der Waals surface area contributed by atoms with Crippen LogP contribution in [-0.2, 0) is 0 Å². The number of hydrogen-bond acceptors (Lipinski definition) is 3. The van der Waals surface area contributed by atoms with E-state index in [0.717, 1.165) is 4.90 Å². The van der Waals surface area contributed by atoms with Crippen molar-refractivity contribution in [3.05, 3.63) is 18.2 Å². The molecule has 2 rings (SSSR count). The number of benzene rings is 1. The summed E-state index contributed by atoms with van der Waals surface area (Å²) in [5, 5.41) is 0. The molecule has 1 aromatic rings. The van der Waals surface area contributed by atoms with E-state index in [-0.39, 0.29) is 18.0 Å². The Hall–Kier alpha value is -1.59. The van der Waals surface area contributed by atoms with Crippen molar-refractivity contribution < 1.29 is 17.9 Å². The van der Waals surface area contributed by atoms with E-state index < -0.39 is 18.8 Å². The summed E-state index contributed by atoms with van der Waals surface area (Å²) in [7, 11) is 0. The minimum atomic E-state index is -3.53. The van der Waals surface area contributed by atoms with Crippen LogP contribution in [0.25, 0.3) is 0 Å². The first-order valence-corrected chi connectivity index (χ1v) is 5.21. The van der Waals surface area contributed by atoms with Crippen molar-refractivity contribution in [3.63, 3.8) is 0 Å². The highest BCUT2D eigenvalue weighted by molar-refractivity contribution is 5.66. The third-order valence-corrected chi connectivity index (χ3v) is 2.68. The Labute approximate surface area is 97.0 Å². The molecule has 17 heavy (non-hydrogen) atoms. The third kappa shape index (κ3) is 1.99. The van der Waals surface area contributed by atoms with Crippen molar-refractivity contribution in [2.24, 2.45) is 0 Å². The van der Waals surface area contributed by atoms with Crippen molar-refractivity contribution in [1.82, 2.24) is 0 Å². The van der Waals surface area contributed by atoms with Crippen LogP contribution in [0.15, 0.2) is 18.2 Å². The van der Waals surface area contributed by atoms with Gasteiger partial charge in [0, 0.05) is 11.8 Å². The molecule has 0 unspecified atom stereocenters. The highest BCUT2D eigenvalue weighted by Crippen LogP contribution is 2.40. The van der Waals surface area contributed by atoms with E-state index in [1.807, 2.05) is 0 Å². The van der Waals surface area contributed by atoms with Gasteiger partial charge in [-0.2, -0.15) is 8.78 Å². The van der Waals surface area contributed by atoms with Gasteiger partial charge in [0.25, 0.3) is 0 Å². The summed E-state index contributed by atoms with van der Waals surface area (Å²) < 4.78 is 44.8. The molecule has 1 heterocycles. The van der Waals surface area contributed by atoms with Crippen LogP contribution in [0.3, 0.4) is 0 Å². The maximum absolute atomic E-state index is 13.5. The second kappa shape index (κ2) is 4.01. The zero-order valence-electron chi connectivity index (χ0n) is 9.29. The van der Waals surface area contributed by atoms with Crippen molar-refractivity contribution in [3.8, 4) is 5.75 Å². The maximum atomic E-state index is 13.5. The molecule has 1 aromatic carbocycles. The van der Waals surface area contributed by atoms with Gasteiger partial charge in [-0.1, -0.05) is 0 Å². The first-order valence-electron chi connectivity index (χ1n) is 5.21. The summed E-state index contributed by atoms with van der Waals surface area (Å²) in [5.74, 6) is 0.260. The lowest BCUT2D eigenvalue weighted by Crippen LogP contribution is -2.53. The number of hydrogen-bond donors (Lipinski definition) is 1. The average Bonchev–Trinajstić information content (AvgIpc) is 2.29. The number of nitrogens with zero attached hydrogens (tertiary/aromatic N) is 1. The smallest absolute Gasteiger partial charge is 0.354 e. The molecule has 1 aliphatic heterocycles. The first kappa shape index (κ1) is 11.9. The molecule has 2 N–H and O–H groups in total. The molecular weight excluding hydrogens is 233 g/mol. The standard InChI is InChI=1S/C11H13F3N2O/c1-7-5-17-10-4-8(15)2-3-9(10)16(7)11(13,14)6-12/h2-4,7H,5-6,15H2,1H3/t7-/m1/s1. The molecule has 94 valence electrons. The topological polar surface area (TPSA) is 38.5 Å². The van der Waals surface area contributed by atoms with Gasteiger partial charge in [-0.05, 0) is 19.1 Å². The van der Waals surface area contributed by atoms with E-state index in [2.05, 4.69) is 0 Å². The number of nitrogens with two attached hydrogens (primary N) is 1. The van der Waals surface area contributed by atoms with Crippen LogP contribution in [-0.4, -0.2) is 25.4 Å². The largest absolute Gasteiger partial charge is 0.489 e. The number of alkyl halides is 3. The minimum Gasteiger partial charge on any atom is -0.489 e. The van der Waals surface area contributed by atoms with Crippen LogP contribution in [0.1, 0.15) is 6.92 Å². The molecule has 0 spiro atoms. The Morgan fingerprint density at radius 1 is 1.53 bits per heavy atom. The van der Waals surface area contributed by atoms with Crippen LogP contribution in [0.4, 0.5) is 24.5 Å². The molecule has 0 aliphatic carbocycles. The summed E-state index contributed by atoms with van der Waals surface area (Å²) >= 11 is 0. The van der Waals surface area contributed by atoms with Gasteiger partial charge in [0.15, 0.2) is 6.67 Å². The average molecular weight is 246 g/mol. The minimum absolute atomic E-state index is 0.0754. The summed E-state index contributed by atoms with van der Waals surface area (Å²) in [6, 6.07) is 0.235. The number of nitrogen functional groups attached to an aromatic ring is 1. The van der Waals surface area contributed by atoms with Crippen molar-refractivity contribution in [1.29, 1.82) is 0 Å². The van der Waals surface area contributed by atoms with Crippen LogP contribution >= 0.6 is 0 Å². The van der Waals surface area contributed by atoms with E-state index in [1.165, 1.54) is 18.2 Å². The zero-order chi connectivity index (χ0) is 12.6.